The van der Waals surface area contributed by atoms with E-state index in [1.807, 2.05) is 0 Å². The average molecular weight is 404 g/mol. The lowest BCUT2D eigenvalue weighted by atomic mass is 10.0. The molecule has 0 saturated carbocycles. The fraction of sp³-hybridized carbons (Fsp3) is 0.474. The molecule has 4 aliphatic heterocycles. The fourth-order valence-corrected chi connectivity index (χ4v) is 4.97. The third kappa shape index (κ3) is 2.51. The third-order valence-electron chi connectivity index (χ3n) is 6.23. The zero-order valence-corrected chi connectivity index (χ0v) is 15.3. The maximum absolute atomic E-state index is 15.0. The second-order valence-electron chi connectivity index (χ2n) is 7.84. The molecule has 152 valence electrons. The van der Waals surface area contributed by atoms with Crippen LogP contribution in [0.1, 0.15) is 46.4 Å². The molecule has 3 atom stereocenters. The van der Waals surface area contributed by atoms with Gasteiger partial charge in [-0.15, -0.1) is 0 Å². The maximum Gasteiger partial charge on any atom is 0.265 e. The van der Waals surface area contributed by atoms with Gasteiger partial charge in [0.2, 0.25) is 11.8 Å². The largest absolute Gasteiger partial charge is 0.360 e. The van der Waals surface area contributed by atoms with Crippen LogP contribution in [0, 0.1) is 11.6 Å². The van der Waals surface area contributed by atoms with E-state index in [2.05, 4.69) is 10.6 Å². The smallest absolute Gasteiger partial charge is 0.265 e. The van der Waals surface area contributed by atoms with Gasteiger partial charge in [0.1, 0.15) is 17.7 Å². The van der Waals surface area contributed by atoms with Crippen LogP contribution in [0.15, 0.2) is 6.07 Å². The number of nitrogens with one attached hydrogen (secondary N) is 2. The van der Waals surface area contributed by atoms with E-state index in [1.165, 1.54) is 0 Å². The molecule has 10 heteroatoms. The molecule has 0 aromatic heterocycles. The summed E-state index contributed by atoms with van der Waals surface area (Å²) >= 11 is 0. The second-order valence-corrected chi connectivity index (χ2v) is 7.84. The molecule has 5 rings (SSSR count). The van der Waals surface area contributed by atoms with Crippen molar-refractivity contribution in [1.29, 1.82) is 0 Å². The SMILES string of the molecule is O=C1CCC(N2C(=O)c3c(F)cc(F)c(N4C5CCC4CNC5)c3C2=O)C(=O)N1. The van der Waals surface area contributed by atoms with Gasteiger partial charge in [0.15, 0.2) is 0 Å². The van der Waals surface area contributed by atoms with Gasteiger partial charge in [-0.1, -0.05) is 0 Å². The van der Waals surface area contributed by atoms with E-state index in [-0.39, 0.29) is 36.2 Å². The topological polar surface area (TPSA) is 98.8 Å². The molecule has 1 aromatic rings. The van der Waals surface area contributed by atoms with Crippen LogP contribution in [0.4, 0.5) is 14.5 Å². The minimum atomic E-state index is -1.23. The van der Waals surface area contributed by atoms with Crippen molar-refractivity contribution in [3.63, 3.8) is 0 Å². The number of benzene rings is 1. The van der Waals surface area contributed by atoms with E-state index < -0.39 is 46.9 Å². The molecule has 0 aliphatic carbocycles. The van der Waals surface area contributed by atoms with Gasteiger partial charge in [-0.25, -0.2) is 8.78 Å². The van der Waals surface area contributed by atoms with Crippen molar-refractivity contribution in [2.24, 2.45) is 0 Å². The molecule has 8 nitrogen and oxygen atoms in total. The quantitative estimate of drug-likeness (QED) is 0.689. The minimum absolute atomic E-state index is 0.0462. The van der Waals surface area contributed by atoms with E-state index in [4.69, 9.17) is 0 Å². The van der Waals surface area contributed by atoms with Crippen LogP contribution in [-0.4, -0.2) is 59.7 Å². The van der Waals surface area contributed by atoms with E-state index in [9.17, 15) is 28.0 Å². The summed E-state index contributed by atoms with van der Waals surface area (Å²) in [5.74, 6) is -5.19. The van der Waals surface area contributed by atoms with Gasteiger partial charge in [-0.2, -0.15) is 0 Å². The van der Waals surface area contributed by atoms with Gasteiger partial charge in [-0.05, 0) is 19.3 Å². The Morgan fingerprint density at radius 1 is 0.897 bits per heavy atom. The van der Waals surface area contributed by atoms with E-state index >= 15 is 0 Å². The highest BCUT2D eigenvalue weighted by Crippen LogP contribution is 2.42. The van der Waals surface area contributed by atoms with Gasteiger partial charge >= 0.3 is 0 Å². The summed E-state index contributed by atoms with van der Waals surface area (Å²) in [7, 11) is 0. The number of piperazine rings is 1. The highest BCUT2D eigenvalue weighted by Gasteiger charge is 2.50. The first-order valence-electron chi connectivity index (χ1n) is 9.61. The van der Waals surface area contributed by atoms with Crippen molar-refractivity contribution < 1.29 is 28.0 Å². The molecule has 3 unspecified atom stereocenters. The second kappa shape index (κ2) is 6.31. The number of hydrogen-bond acceptors (Lipinski definition) is 6. The van der Waals surface area contributed by atoms with Crippen molar-refractivity contribution in [3.8, 4) is 0 Å². The highest BCUT2D eigenvalue weighted by atomic mass is 19.1. The van der Waals surface area contributed by atoms with E-state index in [1.54, 1.807) is 4.90 Å². The monoisotopic (exact) mass is 404 g/mol. The first-order chi connectivity index (χ1) is 13.9. The molecule has 3 fully saturated rings. The Kier molecular flexibility index (Phi) is 3.95. The summed E-state index contributed by atoms with van der Waals surface area (Å²) in [4.78, 5) is 52.2. The number of anilines is 1. The number of halogens is 2. The summed E-state index contributed by atoms with van der Waals surface area (Å²) in [5.41, 5.74) is -0.895. The zero-order valence-electron chi connectivity index (χ0n) is 15.3. The van der Waals surface area contributed by atoms with Crippen LogP contribution in [0.5, 0.6) is 0 Å². The molecular weight excluding hydrogens is 386 g/mol. The van der Waals surface area contributed by atoms with Crippen molar-refractivity contribution in [1.82, 2.24) is 15.5 Å². The summed E-state index contributed by atoms with van der Waals surface area (Å²) in [5, 5.41) is 5.34. The Labute approximate surface area is 164 Å². The first-order valence-corrected chi connectivity index (χ1v) is 9.61. The molecule has 3 saturated heterocycles. The normalized spacial score (nSPS) is 28.8. The van der Waals surface area contributed by atoms with Crippen molar-refractivity contribution in [2.45, 2.75) is 43.8 Å². The molecule has 1 aromatic carbocycles. The zero-order chi connectivity index (χ0) is 20.4. The van der Waals surface area contributed by atoms with Crippen LogP contribution < -0.4 is 15.5 Å². The number of carbonyl (C=O) groups excluding carboxylic acids is 4. The molecule has 2 bridgehead atoms. The predicted octanol–water partition coefficient (Wildman–Crippen LogP) is 0.307. The van der Waals surface area contributed by atoms with Crippen LogP contribution in [0.2, 0.25) is 0 Å². The van der Waals surface area contributed by atoms with Crippen molar-refractivity contribution in [3.05, 3.63) is 28.8 Å². The van der Waals surface area contributed by atoms with Gasteiger partial charge < -0.3 is 10.2 Å². The predicted molar refractivity (Wildman–Crippen MR) is 95.2 cm³/mol. The lowest BCUT2D eigenvalue weighted by Crippen LogP contribution is -2.54. The number of hydrogen-bond donors (Lipinski definition) is 2. The molecule has 0 radical (unpaired) electrons. The molecule has 2 N–H and O–H groups in total. The molecule has 0 spiro atoms. The van der Waals surface area contributed by atoms with E-state index in [0.29, 0.717) is 24.1 Å². The Hall–Kier alpha value is -2.88. The van der Waals surface area contributed by atoms with Crippen LogP contribution in [0.25, 0.3) is 0 Å². The third-order valence-corrected chi connectivity index (χ3v) is 6.23. The summed E-state index contributed by atoms with van der Waals surface area (Å²) < 4.78 is 29.6. The molecular formula is C19H18F2N4O4. The molecule has 29 heavy (non-hydrogen) atoms. The van der Waals surface area contributed by atoms with Crippen LogP contribution in [0.3, 0.4) is 0 Å². The number of nitrogens with zero attached hydrogens (tertiary/aromatic N) is 2. The number of piperidine rings is 1. The number of fused-ring (bicyclic) bond motifs is 3. The summed E-state index contributed by atoms with van der Waals surface area (Å²) in [6.07, 6.45) is 1.49. The Morgan fingerprint density at radius 3 is 2.21 bits per heavy atom. The van der Waals surface area contributed by atoms with Gasteiger partial charge in [0, 0.05) is 37.7 Å². The Bertz CT molecular complexity index is 965. The Balaban J connectivity index is 1.62. The number of amides is 4. The number of rotatable bonds is 2. The lowest BCUT2D eigenvalue weighted by Gasteiger charge is -2.38. The van der Waals surface area contributed by atoms with Crippen LogP contribution >= 0.6 is 0 Å². The minimum Gasteiger partial charge on any atom is -0.360 e. The van der Waals surface area contributed by atoms with Gasteiger partial charge in [0.05, 0.1) is 16.8 Å². The summed E-state index contributed by atoms with van der Waals surface area (Å²) in [6, 6.07) is -0.722. The molecule has 4 amide bonds. The Morgan fingerprint density at radius 2 is 1.55 bits per heavy atom. The number of imide groups is 2. The molecule has 4 aliphatic rings. The van der Waals surface area contributed by atoms with Crippen LogP contribution in [-0.2, 0) is 9.59 Å². The fourth-order valence-electron chi connectivity index (χ4n) is 4.97. The average Bonchev–Trinajstić information content (AvgIpc) is 3.05. The van der Waals surface area contributed by atoms with Gasteiger partial charge in [-0.3, -0.25) is 29.4 Å². The van der Waals surface area contributed by atoms with E-state index in [0.717, 1.165) is 12.8 Å². The number of carbonyl (C=O) groups is 4. The lowest BCUT2D eigenvalue weighted by molar-refractivity contribution is -0.136. The highest BCUT2D eigenvalue weighted by molar-refractivity contribution is 6.25. The summed E-state index contributed by atoms with van der Waals surface area (Å²) in [6.45, 7) is 1.20. The first kappa shape index (κ1) is 18.2. The van der Waals surface area contributed by atoms with Crippen molar-refractivity contribution in [2.75, 3.05) is 18.0 Å². The maximum atomic E-state index is 15.0. The van der Waals surface area contributed by atoms with Crippen molar-refractivity contribution >= 4 is 29.3 Å². The van der Waals surface area contributed by atoms with Gasteiger partial charge in [0.25, 0.3) is 11.8 Å². The standard InChI is InChI=1S/C19H18F2N4O4/c20-10-5-11(21)16(24-8-1-2-9(24)7-22-6-8)15-14(10)18(28)25(19(15)29)12-3-4-13(26)23-17(12)27/h5,8-9,12,22H,1-4,6-7H2,(H,23,26,27). The molecule has 4 heterocycles.